The molecule has 158 valence electrons. The minimum Gasteiger partial charge on any atom is -0.506 e. The molecule has 0 aliphatic carbocycles. The maximum Gasteiger partial charge on any atom is 0.139 e. The third kappa shape index (κ3) is 4.72. The molecule has 0 heterocycles. The van der Waals surface area contributed by atoms with E-state index in [4.69, 9.17) is 5.73 Å². The first-order valence-electron chi connectivity index (χ1n) is 10.6. The number of rotatable bonds is 7. The summed E-state index contributed by atoms with van der Waals surface area (Å²) in [4.78, 5) is 2.32. The van der Waals surface area contributed by atoms with Gasteiger partial charge in [-0.1, -0.05) is 67.8 Å². The maximum absolute atomic E-state index is 10.2. The van der Waals surface area contributed by atoms with E-state index >= 15 is 0 Å². The molecule has 3 N–H and O–H groups in total. The molecule has 3 aromatic carbocycles. The number of hydrogen-bond acceptors (Lipinski definition) is 3. The Morgan fingerprint density at radius 1 is 0.968 bits per heavy atom. The molecule has 0 spiro atoms. The van der Waals surface area contributed by atoms with Gasteiger partial charge in [-0.25, -0.2) is 0 Å². The molecule has 31 heavy (non-hydrogen) atoms. The van der Waals surface area contributed by atoms with E-state index in [0.717, 1.165) is 45.8 Å². The van der Waals surface area contributed by atoms with Gasteiger partial charge >= 0.3 is 0 Å². The molecule has 0 saturated carbocycles. The van der Waals surface area contributed by atoms with Crippen molar-refractivity contribution in [2.24, 2.45) is 0 Å². The molecule has 3 nitrogen and oxygen atoms in total. The van der Waals surface area contributed by atoms with Gasteiger partial charge in [0, 0.05) is 24.3 Å². The summed E-state index contributed by atoms with van der Waals surface area (Å²) in [6, 6.07) is 20.3. The molecule has 3 heteroatoms. The van der Waals surface area contributed by atoms with Crippen LogP contribution in [0.25, 0.3) is 18.2 Å². The average Bonchev–Trinajstić information content (AvgIpc) is 2.79. The van der Waals surface area contributed by atoms with Gasteiger partial charge in [0.2, 0.25) is 0 Å². The van der Waals surface area contributed by atoms with E-state index in [2.05, 4.69) is 68.3 Å². The maximum atomic E-state index is 10.2. The van der Waals surface area contributed by atoms with Crippen LogP contribution in [0, 0.1) is 0 Å². The SMILES string of the molecule is C=C/C=C\c1c(C(c2ccc(N(CC)CC)cc2)=c2ccc(=C)cc2)ccc(O)c1N. The zero-order valence-electron chi connectivity index (χ0n) is 18.3. The molecular formula is C28H30N2O. The number of nitrogen functional groups attached to an aromatic ring is 1. The number of nitrogens with zero attached hydrogens (tertiary/aromatic N) is 1. The lowest BCUT2D eigenvalue weighted by atomic mass is 9.90. The molecule has 0 aliphatic heterocycles. The van der Waals surface area contributed by atoms with E-state index in [0.29, 0.717) is 5.69 Å². The number of aromatic hydroxyl groups is 1. The minimum absolute atomic E-state index is 0.0665. The summed E-state index contributed by atoms with van der Waals surface area (Å²) in [7, 11) is 0. The van der Waals surface area contributed by atoms with Crippen molar-refractivity contribution < 1.29 is 5.11 Å². The fourth-order valence-corrected chi connectivity index (χ4v) is 3.76. The summed E-state index contributed by atoms with van der Waals surface area (Å²) in [5.74, 6) is 0.0665. The van der Waals surface area contributed by atoms with Crippen LogP contribution in [0.1, 0.15) is 30.5 Å². The number of nitrogens with two attached hydrogens (primary N) is 1. The Balaban J connectivity index is 2.31. The van der Waals surface area contributed by atoms with Crippen LogP contribution in [-0.2, 0) is 0 Å². The third-order valence-corrected chi connectivity index (χ3v) is 5.46. The van der Waals surface area contributed by atoms with Gasteiger partial charge in [0.05, 0.1) is 5.69 Å². The minimum atomic E-state index is 0.0665. The highest BCUT2D eigenvalue weighted by Crippen LogP contribution is 2.34. The van der Waals surface area contributed by atoms with Gasteiger partial charge in [-0.2, -0.15) is 0 Å². The van der Waals surface area contributed by atoms with E-state index in [9.17, 15) is 5.11 Å². The number of phenols is 1. The zero-order valence-corrected chi connectivity index (χ0v) is 18.3. The molecular weight excluding hydrogens is 380 g/mol. The molecule has 0 radical (unpaired) electrons. The quantitative estimate of drug-likeness (QED) is 0.338. The summed E-state index contributed by atoms with van der Waals surface area (Å²) in [6.07, 6.45) is 5.41. The van der Waals surface area contributed by atoms with Crippen molar-refractivity contribution in [3.05, 3.63) is 107 Å². The van der Waals surface area contributed by atoms with E-state index < -0.39 is 0 Å². The summed E-state index contributed by atoms with van der Waals surface area (Å²) < 4.78 is 0. The number of hydrogen-bond donors (Lipinski definition) is 2. The molecule has 0 amide bonds. The van der Waals surface area contributed by atoms with E-state index in [1.165, 1.54) is 5.69 Å². The molecule has 3 aromatic rings. The summed E-state index contributed by atoms with van der Waals surface area (Å²) in [5, 5.41) is 12.2. The van der Waals surface area contributed by atoms with Gasteiger partial charge in [0.25, 0.3) is 0 Å². The average molecular weight is 411 g/mol. The molecule has 3 rings (SSSR count). The molecule has 0 fully saturated rings. The first-order chi connectivity index (χ1) is 15.0. The predicted octanol–water partition coefficient (Wildman–Crippen LogP) is 4.68. The first-order valence-corrected chi connectivity index (χ1v) is 10.6. The van der Waals surface area contributed by atoms with E-state index in [-0.39, 0.29) is 5.75 Å². The molecule has 0 aliphatic rings. The second-order valence-corrected chi connectivity index (χ2v) is 7.35. The second kappa shape index (κ2) is 9.86. The first kappa shape index (κ1) is 22.0. The van der Waals surface area contributed by atoms with Crippen molar-refractivity contribution in [1.82, 2.24) is 0 Å². The number of benzene rings is 3. The van der Waals surface area contributed by atoms with Gasteiger partial charge in [-0.3, -0.25) is 0 Å². The smallest absolute Gasteiger partial charge is 0.139 e. The van der Waals surface area contributed by atoms with Crippen molar-refractivity contribution in [1.29, 1.82) is 0 Å². The van der Waals surface area contributed by atoms with Crippen LogP contribution in [0.3, 0.4) is 0 Å². The van der Waals surface area contributed by atoms with Crippen molar-refractivity contribution >= 4 is 29.6 Å². The molecule has 0 bridgehead atoms. The van der Waals surface area contributed by atoms with Crippen LogP contribution < -0.4 is 21.1 Å². The van der Waals surface area contributed by atoms with Gasteiger partial charge in [0.15, 0.2) is 0 Å². The van der Waals surface area contributed by atoms with Crippen molar-refractivity contribution in [2.45, 2.75) is 13.8 Å². The van der Waals surface area contributed by atoms with Crippen LogP contribution in [0.4, 0.5) is 11.4 Å². The monoisotopic (exact) mass is 410 g/mol. The van der Waals surface area contributed by atoms with Crippen LogP contribution in [-0.4, -0.2) is 18.2 Å². The topological polar surface area (TPSA) is 49.5 Å². The van der Waals surface area contributed by atoms with Gasteiger partial charge in [0.1, 0.15) is 5.75 Å². The van der Waals surface area contributed by atoms with Crippen LogP contribution >= 0.6 is 0 Å². The Bertz CT molecular complexity index is 1180. The lowest BCUT2D eigenvalue weighted by molar-refractivity contribution is 0.478. The van der Waals surface area contributed by atoms with E-state index in [1.807, 2.05) is 30.4 Å². The highest BCUT2D eigenvalue weighted by molar-refractivity contribution is 5.89. The van der Waals surface area contributed by atoms with Crippen molar-refractivity contribution in [2.75, 3.05) is 23.7 Å². The standard InChI is InChI=1S/C28H30N2O/c1-5-8-9-25-24(18-19-26(31)28(25)29)27(21-12-10-20(4)11-13-21)22-14-16-23(17-15-22)30(6-2)7-3/h5,8-19,31H,1,4,6-7,29H2,2-3H3/b9-8-. The molecule has 0 atom stereocenters. The highest BCUT2D eigenvalue weighted by atomic mass is 16.3. The van der Waals surface area contributed by atoms with Crippen LogP contribution in [0.5, 0.6) is 5.75 Å². The third-order valence-electron chi connectivity index (χ3n) is 5.46. The second-order valence-electron chi connectivity index (χ2n) is 7.35. The van der Waals surface area contributed by atoms with Gasteiger partial charge in [-0.15, -0.1) is 0 Å². The summed E-state index contributed by atoms with van der Waals surface area (Å²) >= 11 is 0. The highest BCUT2D eigenvalue weighted by Gasteiger charge is 2.15. The van der Waals surface area contributed by atoms with Crippen molar-refractivity contribution in [3.8, 4) is 5.75 Å². The Morgan fingerprint density at radius 3 is 2.19 bits per heavy atom. The van der Waals surface area contributed by atoms with E-state index in [1.54, 1.807) is 12.1 Å². The molecule has 0 saturated heterocycles. The molecule has 0 aromatic heterocycles. The zero-order chi connectivity index (χ0) is 22.4. The normalized spacial score (nSPS) is 10.9. The lowest BCUT2D eigenvalue weighted by Crippen LogP contribution is -2.21. The number of allylic oxidation sites excluding steroid dienone is 2. The Kier molecular flexibility index (Phi) is 6.99. The number of phenolic OH excluding ortho intramolecular Hbond substituents is 1. The van der Waals surface area contributed by atoms with Gasteiger partial charge in [-0.05, 0) is 65.3 Å². The summed E-state index contributed by atoms with van der Waals surface area (Å²) in [6.45, 7) is 14.0. The largest absolute Gasteiger partial charge is 0.506 e. The Morgan fingerprint density at radius 2 is 1.61 bits per heavy atom. The van der Waals surface area contributed by atoms with Crippen molar-refractivity contribution in [3.63, 3.8) is 0 Å². The predicted molar refractivity (Wildman–Crippen MR) is 135 cm³/mol. The van der Waals surface area contributed by atoms with Crippen LogP contribution in [0.2, 0.25) is 0 Å². The fraction of sp³-hybridized carbons (Fsp3) is 0.143. The molecule has 0 unspecified atom stereocenters. The Labute approximate surface area is 184 Å². The Hall–Kier alpha value is -3.72. The summed E-state index contributed by atoms with van der Waals surface area (Å²) in [5.41, 5.74) is 11.6. The van der Waals surface area contributed by atoms with Crippen LogP contribution in [0.15, 0.2) is 79.4 Å². The number of anilines is 2. The lowest BCUT2D eigenvalue weighted by Gasteiger charge is -2.22. The van der Waals surface area contributed by atoms with Gasteiger partial charge < -0.3 is 15.7 Å². The fourth-order valence-electron chi connectivity index (χ4n) is 3.76.